The molecule has 0 aliphatic heterocycles. The number of hydrogen-bond donors (Lipinski definition) is 0. The zero-order chi connectivity index (χ0) is 16.4. The normalized spacial score (nSPS) is 16.2. The molecule has 124 valence electrons. The van der Waals surface area contributed by atoms with Gasteiger partial charge in [0.2, 0.25) is 0 Å². The molecular weight excluding hydrogens is 301 g/mol. The van der Waals surface area contributed by atoms with Crippen LogP contribution in [0.25, 0.3) is 0 Å². The SMILES string of the molecule is CCc1ccc(Cc2cnn(C3CCCC3)c2C(F)(F)F)cc1. The number of aromatic nitrogens is 2. The molecule has 0 radical (unpaired) electrons. The number of alkyl halides is 3. The number of hydrogen-bond acceptors (Lipinski definition) is 1. The van der Waals surface area contributed by atoms with Gasteiger partial charge in [-0.2, -0.15) is 18.3 Å². The van der Waals surface area contributed by atoms with Crippen molar-refractivity contribution in [3.05, 3.63) is 52.8 Å². The van der Waals surface area contributed by atoms with E-state index >= 15 is 0 Å². The summed E-state index contributed by atoms with van der Waals surface area (Å²) in [5.41, 5.74) is 1.78. The number of nitrogens with zero attached hydrogens (tertiary/aromatic N) is 2. The van der Waals surface area contributed by atoms with Crippen LogP contribution >= 0.6 is 0 Å². The van der Waals surface area contributed by atoms with Crippen LogP contribution < -0.4 is 0 Å². The molecule has 0 atom stereocenters. The molecule has 0 unspecified atom stereocenters. The molecule has 1 aromatic heterocycles. The Hall–Kier alpha value is -1.78. The number of rotatable bonds is 4. The van der Waals surface area contributed by atoms with Crippen LogP contribution in [-0.4, -0.2) is 9.78 Å². The van der Waals surface area contributed by atoms with Gasteiger partial charge in [-0.05, 0) is 30.4 Å². The lowest BCUT2D eigenvalue weighted by atomic mass is 10.0. The van der Waals surface area contributed by atoms with E-state index in [9.17, 15) is 13.2 Å². The zero-order valence-electron chi connectivity index (χ0n) is 13.2. The molecule has 0 N–H and O–H groups in total. The van der Waals surface area contributed by atoms with Gasteiger partial charge in [0.1, 0.15) is 5.69 Å². The van der Waals surface area contributed by atoms with Gasteiger partial charge in [-0.15, -0.1) is 0 Å². The molecule has 0 bridgehead atoms. The standard InChI is InChI=1S/C18H21F3N2/c1-2-13-7-9-14(10-8-13)11-15-12-22-23(16-5-3-4-6-16)17(15)18(19,20)21/h7-10,12,16H,2-6,11H2,1H3. The molecule has 0 spiro atoms. The second kappa shape index (κ2) is 6.38. The van der Waals surface area contributed by atoms with Gasteiger partial charge in [0.05, 0.1) is 12.2 Å². The minimum absolute atomic E-state index is 0.108. The lowest BCUT2D eigenvalue weighted by Crippen LogP contribution is -2.19. The van der Waals surface area contributed by atoms with E-state index in [2.05, 4.69) is 12.0 Å². The largest absolute Gasteiger partial charge is 0.433 e. The molecule has 2 aromatic rings. The third kappa shape index (κ3) is 3.43. The summed E-state index contributed by atoms with van der Waals surface area (Å²) in [6.07, 6.45) is 1.77. The fourth-order valence-corrected chi connectivity index (χ4v) is 3.38. The topological polar surface area (TPSA) is 17.8 Å². The third-order valence-electron chi connectivity index (χ3n) is 4.64. The Balaban J connectivity index is 1.91. The van der Waals surface area contributed by atoms with Crippen molar-refractivity contribution in [2.24, 2.45) is 0 Å². The van der Waals surface area contributed by atoms with E-state index in [0.717, 1.165) is 37.7 Å². The predicted octanol–water partition coefficient (Wildman–Crippen LogP) is 5.17. The first-order valence-electron chi connectivity index (χ1n) is 8.20. The summed E-state index contributed by atoms with van der Waals surface area (Å²) in [7, 11) is 0. The van der Waals surface area contributed by atoms with E-state index in [0.29, 0.717) is 0 Å². The van der Waals surface area contributed by atoms with Crippen molar-refractivity contribution in [3.8, 4) is 0 Å². The molecule has 0 saturated heterocycles. The summed E-state index contributed by atoms with van der Waals surface area (Å²) in [4.78, 5) is 0. The molecule has 3 rings (SSSR count). The molecule has 1 aliphatic rings. The maximum atomic E-state index is 13.6. The second-order valence-electron chi connectivity index (χ2n) is 6.25. The second-order valence-corrected chi connectivity index (χ2v) is 6.25. The van der Waals surface area contributed by atoms with Crippen LogP contribution in [-0.2, 0) is 19.0 Å². The molecule has 0 amide bonds. The molecule has 23 heavy (non-hydrogen) atoms. The molecule has 1 aliphatic carbocycles. The highest BCUT2D eigenvalue weighted by atomic mass is 19.4. The Morgan fingerprint density at radius 3 is 2.26 bits per heavy atom. The zero-order valence-corrected chi connectivity index (χ0v) is 13.2. The molecule has 2 nitrogen and oxygen atoms in total. The van der Waals surface area contributed by atoms with Gasteiger partial charge < -0.3 is 0 Å². The fourth-order valence-electron chi connectivity index (χ4n) is 3.38. The van der Waals surface area contributed by atoms with Gasteiger partial charge in [-0.1, -0.05) is 44.0 Å². The number of halogens is 3. The third-order valence-corrected chi connectivity index (χ3v) is 4.64. The predicted molar refractivity (Wildman–Crippen MR) is 83.4 cm³/mol. The average molecular weight is 322 g/mol. The molecule has 1 heterocycles. The quantitative estimate of drug-likeness (QED) is 0.759. The lowest BCUT2D eigenvalue weighted by molar-refractivity contribution is -0.145. The summed E-state index contributed by atoms with van der Waals surface area (Å²) in [6.45, 7) is 2.06. The van der Waals surface area contributed by atoms with Crippen LogP contribution in [0.5, 0.6) is 0 Å². The smallest absolute Gasteiger partial charge is 0.257 e. The van der Waals surface area contributed by atoms with Gasteiger partial charge >= 0.3 is 6.18 Å². The Bertz CT molecular complexity index is 650. The van der Waals surface area contributed by atoms with E-state index in [-0.39, 0.29) is 18.0 Å². The Morgan fingerprint density at radius 1 is 1.09 bits per heavy atom. The van der Waals surface area contributed by atoms with Crippen LogP contribution in [0.3, 0.4) is 0 Å². The highest BCUT2D eigenvalue weighted by molar-refractivity contribution is 5.31. The van der Waals surface area contributed by atoms with E-state index in [1.807, 2.05) is 24.3 Å². The lowest BCUT2D eigenvalue weighted by Gasteiger charge is -2.17. The Kier molecular flexibility index (Phi) is 4.46. The van der Waals surface area contributed by atoms with Gasteiger partial charge in [0.15, 0.2) is 0 Å². The van der Waals surface area contributed by atoms with Gasteiger partial charge in [-0.3, -0.25) is 4.68 Å². The highest BCUT2D eigenvalue weighted by Crippen LogP contribution is 2.38. The van der Waals surface area contributed by atoms with Crippen LogP contribution in [0, 0.1) is 0 Å². The molecule has 1 saturated carbocycles. The molecule has 1 aromatic carbocycles. The summed E-state index contributed by atoms with van der Waals surface area (Å²) < 4.78 is 41.9. The van der Waals surface area contributed by atoms with Crippen molar-refractivity contribution in [3.63, 3.8) is 0 Å². The monoisotopic (exact) mass is 322 g/mol. The maximum absolute atomic E-state index is 13.6. The van der Waals surface area contributed by atoms with Crippen LogP contribution in [0.15, 0.2) is 30.5 Å². The van der Waals surface area contributed by atoms with Crippen molar-refractivity contribution < 1.29 is 13.2 Å². The first-order chi connectivity index (χ1) is 11.0. The first-order valence-corrected chi connectivity index (χ1v) is 8.20. The molecule has 1 fully saturated rings. The van der Waals surface area contributed by atoms with Crippen molar-refractivity contribution in [1.29, 1.82) is 0 Å². The van der Waals surface area contributed by atoms with E-state index in [1.165, 1.54) is 16.4 Å². The first kappa shape index (κ1) is 16.1. The fraction of sp³-hybridized carbons (Fsp3) is 0.500. The summed E-state index contributed by atoms with van der Waals surface area (Å²) in [5.74, 6) is 0. The van der Waals surface area contributed by atoms with Gasteiger partial charge in [-0.25, -0.2) is 0 Å². The van der Waals surface area contributed by atoms with E-state index < -0.39 is 11.9 Å². The maximum Gasteiger partial charge on any atom is 0.433 e. The van der Waals surface area contributed by atoms with Crippen LogP contribution in [0.4, 0.5) is 13.2 Å². The summed E-state index contributed by atoms with van der Waals surface area (Å²) >= 11 is 0. The number of aryl methyl sites for hydroxylation is 1. The average Bonchev–Trinajstić information content (AvgIpc) is 3.16. The Labute approximate surface area is 134 Å². The molecule has 5 heteroatoms. The van der Waals surface area contributed by atoms with Crippen LogP contribution in [0.2, 0.25) is 0 Å². The Morgan fingerprint density at radius 2 is 1.70 bits per heavy atom. The van der Waals surface area contributed by atoms with Crippen molar-refractivity contribution >= 4 is 0 Å². The van der Waals surface area contributed by atoms with Crippen LogP contribution in [0.1, 0.15) is 61.0 Å². The minimum atomic E-state index is -4.36. The van der Waals surface area contributed by atoms with E-state index in [1.54, 1.807) is 0 Å². The highest BCUT2D eigenvalue weighted by Gasteiger charge is 2.39. The summed E-state index contributed by atoms with van der Waals surface area (Å²) in [5, 5.41) is 4.09. The van der Waals surface area contributed by atoms with Crippen molar-refractivity contribution in [2.45, 2.75) is 57.7 Å². The van der Waals surface area contributed by atoms with Gasteiger partial charge in [0, 0.05) is 12.0 Å². The van der Waals surface area contributed by atoms with E-state index in [4.69, 9.17) is 0 Å². The minimum Gasteiger partial charge on any atom is -0.257 e. The van der Waals surface area contributed by atoms with Crippen molar-refractivity contribution in [1.82, 2.24) is 9.78 Å². The van der Waals surface area contributed by atoms with Gasteiger partial charge in [0.25, 0.3) is 0 Å². The van der Waals surface area contributed by atoms with Crippen molar-refractivity contribution in [2.75, 3.05) is 0 Å². The summed E-state index contributed by atoms with van der Waals surface area (Å²) in [6, 6.07) is 7.66. The molecular formula is C18H21F3N2. The number of benzene rings is 1.